The number of likely N-dealkylation sites (tertiary alicyclic amines) is 1. The molecule has 0 bridgehead atoms. The van der Waals surface area contributed by atoms with E-state index < -0.39 is 0 Å². The maximum atomic E-state index is 9.56. The van der Waals surface area contributed by atoms with Crippen LogP contribution in [0.25, 0.3) is 0 Å². The Labute approximate surface area is 114 Å². The van der Waals surface area contributed by atoms with Crippen LogP contribution in [0.3, 0.4) is 0 Å². The first-order valence-electron chi connectivity index (χ1n) is 6.89. The minimum atomic E-state index is -0.368. The van der Waals surface area contributed by atoms with Crippen LogP contribution >= 0.6 is 11.8 Å². The number of aliphatic hydroxyl groups excluding tert-OH is 1. The molecule has 1 atom stereocenters. The molecule has 1 aliphatic rings. The summed E-state index contributed by atoms with van der Waals surface area (Å²) < 4.78 is 0. The number of hydrogen-bond donors (Lipinski definition) is 1. The third-order valence-electron chi connectivity index (χ3n) is 3.47. The normalized spacial score (nSPS) is 18.8. The molecular formula is C15H23NOS. The van der Waals surface area contributed by atoms with Crippen molar-refractivity contribution < 1.29 is 5.11 Å². The fourth-order valence-corrected chi connectivity index (χ4v) is 3.32. The molecule has 0 aromatic heterocycles. The summed E-state index contributed by atoms with van der Waals surface area (Å²) in [5.74, 6) is 1.14. The smallest absolute Gasteiger partial charge is 0.0762 e. The first-order valence-corrected chi connectivity index (χ1v) is 7.87. The summed E-state index contributed by atoms with van der Waals surface area (Å²) in [6.45, 7) is 5.55. The standard InChI is InChI=1S/C15H23NOS/c1-13(17)14-6-5-7-15(12-14)18-11-10-16-8-3-2-4-9-16/h5-7,12-13,17H,2-4,8-11H2,1H3. The predicted molar refractivity (Wildman–Crippen MR) is 78.1 cm³/mol. The third-order valence-corrected chi connectivity index (χ3v) is 4.44. The highest BCUT2D eigenvalue weighted by molar-refractivity contribution is 7.99. The van der Waals surface area contributed by atoms with Gasteiger partial charge in [-0.2, -0.15) is 0 Å². The molecule has 18 heavy (non-hydrogen) atoms. The Hall–Kier alpha value is -0.510. The van der Waals surface area contributed by atoms with Crippen molar-refractivity contribution in [2.75, 3.05) is 25.4 Å². The van der Waals surface area contributed by atoms with Gasteiger partial charge in [0.1, 0.15) is 0 Å². The molecule has 1 unspecified atom stereocenters. The molecule has 1 saturated heterocycles. The molecule has 1 heterocycles. The van der Waals surface area contributed by atoms with Crippen molar-refractivity contribution >= 4 is 11.8 Å². The molecule has 100 valence electrons. The number of rotatable bonds is 5. The average Bonchev–Trinajstić information content (AvgIpc) is 2.40. The Morgan fingerprint density at radius 2 is 2.06 bits per heavy atom. The summed E-state index contributed by atoms with van der Waals surface area (Å²) >= 11 is 1.89. The van der Waals surface area contributed by atoms with Crippen LogP contribution in [0, 0.1) is 0 Å². The van der Waals surface area contributed by atoms with Gasteiger partial charge in [0.05, 0.1) is 6.10 Å². The van der Waals surface area contributed by atoms with Gasteiger partial charge in [-0.15, -0.1) is 11.8 Å². The Kier molecular flexibility index (Phi) is 5.54. The van der Waals surface area contributed by atoms with E-state index in [2.05, 4.69) is 17.0 Å². The van der Waals surface area contributed by atoms with Gasteiger partial charge in [-0.05, 0) is 50.6 Å². The van der Waals surface area contributed by atoms with Gasteiger partial charge in [0.15, 0.2) is 0 Å². The second kappa shape index (κ2) is 7.17. The zero-order valence-corrected chi connectivity index (χ0v) is 12.0. The van der Waals surface area contributed by atoms with Crippen molar-refractivity contribution in [3.63, 3.8) is 0 Å². The van der Waals surface area contributed by atoms with Gasteiger partial charge in [-0.1, -0.05) is 18.6 Å². The van der Waals surface area contributed by atoms with Crippen molar-refractivity contribution in [1.82, 2.24) is 4.90 Å². The highest BCUT2D eigenvalue weighted by atomic mass is 32.2. The molecule has 1 fully saturated rings. The fraction of sp³-hybridized carbons (Fsp3) is 0.600. The van der Waals surface area contributed by atoms with E-state index in [-0.39, 0.29) is 6.10 Å². The van der Waals surface area contributed by atoms with E-state index in [1.165, 1.54) is 43.8 Å². The lowest BCUT2D eigenvalue weighted by Gasteiger charge is -2.26. The lowest BCUT2D eigenvalue weighted by Crippen LogP contribution is -2.31. The number of benzene rings is 1. The van der Waals surface area contributed by atoms with Crippen LogP contribution in [-0.4, -0.2) is 35.4 Å². The van der Waals surface area contributed by atoms with E-state index in [1.54, 1.807) is 0 Å². The van der Waals surface area contributed by atoms with Gasteiger partial charge in [0.2, 0.25) is 0 Å². The van der Waals surface area contributed by atoms with E-state index in [4.69, 9.17) is 0 Å². The maximum Gasteiger partial charge on any atom is 0.0762 e. The first kappa shape index (κ1) is 13.9. The lowest BCUT2D eigenvalue weighted by molar-refractivity contribution is 0.199. The molecule has 0 spiro atoms. The SMILES string of the molecule is CC(O)c1cccc(SCCN2CCCCC2)c1. The molecule has 1 aromatic carbocycles. The molecule has 2 rings (SSSR count). The Bertz CT molecular complexity index is 361. The summed E-state index contributed by atoms with van der Waals surface area (Å²) in [5.41, 5.74) is 1.01. The predicted octanol–water partition coefficient (Wildman–Crippen LogP) is 3.32. The van der Waals surface area contributed by atoms with Gasteiger partial charge in [0, 0.05) is 17.2 Å². The zero-order valence-electron chi connectivity index (χ0n) is 11.1. The van der Waals surface area contributed by atoms with Gasteiger partial charge in [-0.3, -0.25) is 0 Å². The second-order valence-corrected chi connectivity index (χ2v) is 6.17. The topological polar surface area (TPSA) is 23.5 Å². The van der Waals surface area contributed by atoms with Crippen LogP contribution in [-0.2, 0) is 0 Å². The second-order valence-electron chi connectivity index (χ2n) is 5.00. The third kappa shape index (κ3) is 4.30. The van der Waals surface area contributed by atoms with Crippen LogP contribution in [0.2, 0.25) is 0 Å². The zero-order chi connectivity index (χ0) is 12.8. The monoisotopic (exact) mass is 265 g/mol. The van der Waals surface area contributed by atoms with E-state index >= 15 is 0 Å². The first-order chi connectivity index (χ1) is 8.75. The minimum Gasteiger partial charge on any atom is -0.389 e. The van der Waals surface area contributed by atoms with Crippen molar-refractivity contribution in [2.45, 2.75) is 37.2 Å². The summed E-state index contributed by atoms with van der Waals surface area (Å²) in [6.07, 6.45) is 3.76. The quantitative estimate of drug-likeness (QED) is 0.826. The lowest BCUT2D eigenvalue weighted by atomic mass is 10.1. The van der Waals surface area contributed by atoms with Gasteiger partial charge < -0.3 is 10.0 Å². The molecule has 0 amide bonds. The van der Waals surface area contributed by atoms with Crippen LogP contribution in [0.5, 0.6) is 0 Å². The Balaban J connectivity index is 1.77. The van der Waals surface area contributed by atoms with Crippen LogP contribution < -0.4 is 0 Å². The molecule has 1 N–H and O–H groups in total. The van der Waals surface area contributed by atoms with Crippen LogP contribution in [0.1, 0.15) is 37.9 Å². The number of nitrogens with zero attached hydrogens (tertiary/aromatic N) is 1. The van der Waals surface area contributed by atoms with Gasteiger partial charge in [0.25, 0.3) is 0 Å². The van der Waals surface area contributed by atoms with Crippen LogP contribution in [0.4, 0.5) is 0 Å². The Morgan fingerprint density at radius 1 is 1.28 bits per heavy atom. The number of hydrogen-bond acceptors (Lipinski definition) is 3. The van der Waals surface area contributed by atoms with Crippen LogP contribution in [0.15, 0.2) is 29.2 Å². The molecule has 1 aliphatic heterocycles. The van der Waals surface area contributed by atoms with Gasteiger partial charge in [-0.25, -0.2) is 0 Å². The highest BCUT2D eigenvalue weighted by Gasteiger charge is 2.09. The molecule has 0 saturated carbocycles. The molecule has 0 aliphatic carbocycles. The molecule has 0 radical (unpaired) electrons. The van der Waals surface area contributed by atoms with Crippen molar-refractivity contribution in [3.05, 3.63) is 29.8 Å². The summed E-state index contributed by atoms with van der Waals surface area (Å²) in [5, 5.41) is 9.56. The van der Waals surface area contributed by atoms with E-state index in [0.29, 0.717) is 0 Å². The summed E-state index contributed by atoms with van der Waals surface area (Å²) in [7, 11) is 0. The summed E-state index contributed by atoms with van der Waals surface area (Å²) in [6, 6.07) is 8.25. The minimum absolute atomic E-state index is 0.368. The van der Waals surface area contributed by atoms with E-state index in [9.17, 15) is 5.11 Å². The Morgan fingerprint density at radius 3 is 2.78 bits per heavy atom. The highest BCUT2D eigenvalue weighted by Crippen LogP contribution is 2.22. The molecule has 1 aromatic rings. The number of piperidine rings is 1. The van der Waals surface area contributed by atoms with Crippen molar-refractivity contribution in [3.8, 4) is 0 Å². The molecule has 3 heteroatoms. The largest absolute Gasteiger partial charge is 0.389 e. The van der Waals surface area contributed by atoms with E-state index in [0.717, 1.165) is 11.3 Å². The average molecular weight is 265 g/mol. The maximum absolute atomic E-state index is 9.56. The summed E-state index contributed by atoms with van der Waals surface area (Å²) in [4.78, 5) is 3.83. The molecular weight excluding hydrogens is 242 g/mol. The van der Waals surface area contributed by atoms with Gasteiger partial charge >= 0.3 is 0 Å². The van der Waals surface area contributed by atoms with Crippen molar-refractivity contribution in [1.29, 1.82) is 0 Å². The number of thioether (sulfide) groups is 1. The fourth-order valence-electron chi connectivity index (χ4n) is 2.34. The van der Waals surface area contributed by atoms with E-state index in [1.807, 2.05) is 30.8 Å². The number of aliphatic hydroxyl groups is 1. The molecule has 2 nitrogen and oxygen atoms in total. The van der Waals surface area contributed by atoms with Crippen molar-refractivity contribution in [2.24, 2.45) is 0 Å².